The first-order chi connectivity index (χ1) is 13.5. The van der Waals surface area contributed by atoms with Gasteiger partial charge >= 0.3 is 11.9 Å². The molecule has 0 fully saturated rings. The summed E-state index contributed by atoms with van der Waals surface area (Å²) in [6, 6.07) is 17.7. The molecule has 0 aliphatic rings. The zero-order chi connectivity index (χ0) is 20.8. The van der Waals surface area contributed by atoms with Crippen LogP contribution in [-0.2, 0) is 36.1 Å². The van der Waals surface area contributed by atoms with E-state index in [2.05, 4.69) is 9.47 Å². The van der Waals surface area contributed by atoms with Crippen LogP contribution in [0, 0.1) is 0 Å². The van der Waals surface area contributed by atoms with Crippen molar-refractivity contribution >= 4 is 23.5 Å². The summed E-state index contributed by atoms with van der Waals surface area (Å²) in [6.45, 7) is 4.03. The molecule has 0 aliphatic heterocycles. The first kappa shape index (κ1) is 26.0. The van der Waals surface area contributed by atoms with Crippen molar-refractivity contribution in [3.05, 3.63) is 83.9 Å². The number of hydrogen-bond donors (Lipinski definition) is 2. The van der Waals surface area contributed by atoms with Gasteiger partial charge in [0.25, 0.3) is 0 Å². The predicted molar refractivity (Wildman–Crippen MR) is 107 cm³/mol. The summed E-state index contributed by atoms with van der Waals surface area (Å²) < 4.78 is 9.32. The summed E-state index contributed by atoms with van der Waals surface area (Å²) >= 11 is 0. The molecule has 0 heterocycles. The van der Waals surface area contributed by atoms with Crippen molar-refractivity contribution < 1.29 is 46.3 Å². The van der Waals surface area contributed by atoms with E-state index in [0.29, 0.717) is 24.3 Å². The fraction of sp³-hybridized carbons (Fsp3) is 0.182. The third-order valence-electron chi connectivity index (χ3n) is 3.22. The van der Waals surface area contributed by atoms with E-state index in [1.807, 2.05) is 12.1 Å². The molecule has 0 unspecified atom stereocenters. The van der Waals surface area contributed by atoms with Crippen LogP contribution in [0.3, 0.4) is 0 Å². The van der Waals surface area contributed by atoms with Gasteiger partial charge in [-0.15, -0.1) is 0 Å². The average Bonchev–Trinajstić information content (AvgIpc) is 2.70. The van der Waals surface area contributed by atoms with Crippen molar-refractivity contribution in [1.29, 1.82) is 0 Å². The van der Waals surface area contributed by atoms with Crippen molar-refractivity contribution in [2.24, 2.45) is 0 Å². The van der Waals surface area contributed by atoms with E-state index in [4.69, 9.17) is 0 Å². The molecule has 0 aromatic heterocycles. The minimum absolute atomic E-state index is 0. The number of ether oxygens (including phenoxy) is 2. The van der Waals surface area contributed by atoms with Gasteiger partial charge in [-0.3, -0.25) is 0 Å². The van der Waals surface area contributed by atoms with Crippen LogP contribution in [0.25, 0.3) is 11.5 Å². The maximum absolute atomic E-state index is 11.0. The van der Waals surface area contributed by atoms with Gasteiger partial charge in [-0.25, -0.2) is 9.59 Å². The number of esters is 2. The summed E-state index contributed by atoms with van der Waals surface area (Å²) in [6.07, 6.45) is 2.14. The van der Waals surface area contributed by atoms with Crippen molar-refractivity contribution in [3.63, 3.8) is 0 Å². The van der Waals surface area contributed by atoms with E-state index >= 15 is 0 Å². The van der Waals surface area contributed by atoms with E-state index < -0.39 is 11.9 Å². The molecular formula is C22H24CuO6. The Morgan fingerprint density at radius 3 is 1.31 bits per heavy atom. The van der Waals surface area contributed by atoms with E-state index in [9.17, 15) is 19.8 Å². The fourth-order valence-corrected chi connectivity index (χ4v) is 1.98. The summed E-state index contributed by atoms with van der Waals surface area (Å²) in [7, 11) is 0. The van der Waals surface area contributed by atoms with Gasteiger partial charge in [0.1, 0.15) is 11.5 Å². The predicted octanol–water partition coefficient (Wildman–Crippen LogP) is 4.29. The first-order valence-electron chi connectivity index (χ1n) is 8.73. The monoisotopic (exact) mass is 447 g/mol. The largest absolute Gasteiger partial charge is 0.507 e. The van der Waals surface area contributed by atoms with Gasteiger partial charge in [-0.2, -0.15) is 0 Å². The Morgan fingerprint density at radius 2 is 1.03 bits per heavy atom. The van der Waals surface area contributed by atoms with Gasteiger partial charge < -0.3 is 19.7 Å². The molecule has 0 amide bonds. The Bertz CT molecular complexity index is 731. The summed E-state index contributed by atoms with van der Waals surface area (Å²) in [5.41, 5.74) is 1.20. The topological polar surface area (TPSA) is 93.1 Å². The number of benzene rings is 2. The standard InChI is InChI=1S/2C11H12O3.Cu/c2*1-2-14-11(13)8-10(12)9-6-4-3-5-7-9;/h2*3-8,12H,2H2,1H3;/b10-8+;10-8-;. The molecule has 2 aromatic carbocycles. The number of aliphatic hydroxyl groups is 2. The normalized spacial score (nSPS) is 10.7. The number of aliphatic hydroxyl groups excluding tert-OH is 2. The van der Waals surface area contributed by atoms with E-state index in [0.717, 1.165) is 12.2 Å². The van der Waals surface area contributed by atoms with Crippen LogP contribution < -0.4 is 0 Å². The molecule has 0 aliphatic carbocycles. The van der Waals surface area contributed by atoms with Gasteiger partial charge in [0, 0.05) is 28.2 Å². The molecule has 6 nitrogen and oxygen atoms in total. The molecule has 0 atom stereocenters. The van der Waals surface area contributed by atoms with Crippen LogP contribution in [-0.4, -0.2) is 35.4 Å². The van der Waals surface area contributed by atoms with Crippen molar-refractivity contribution in [1.82, 2.24) is 0 Å². The molecule has 2 aromatic rings. The number of carbonyl (C=O) groups excluding carboxylic acids is 2. The minimum Gasteiger partial charge on any atom is -0.507 e. The molecular weight excluding hydrogens is 424 g/mol. The Morgan fingerprint density at radius 1 is 0.724 bits per heavy atom. The van der Waals surface area contributed by atoms with Crippen molar-refractivity contribution in [2.45, 2.75) is 13.8 Å². The van der Waals surface area contributed by atoms with Gasteiger partial charge in [0.2, 0.25) is 0 Å². The summed E-state index contributed by atoms with van der Waals surface area (Å²) in [5, 5.41) is 19.0. The zero-order valence-corrected chi connectivity index (χ0v) is 17.1. The number of hydrogen-bond acceptors (Lipinski definition) is 6. The van der Waals surface area contributed by atoms with E-state index in [1.165, 1.54) is 0 Å². The third kappa shape index (κ3) is 10.8. The van der Waals surface area contributed by atoms with Crippen LogP contribution in [0.4, 0.5) is 0 Å². The number of rotatable bonds is 6. The summed E-state index contributed by atoms with van der Waals surface area (Å²) in [5.74, 6) is -1.23. The molecule has 2 N–H and O–H groups in total. The SMILES string of the molecule is CCOC(=O)/C=C(/O)c1ccccc1.CCOC(=O)/C=C(\O)c1ccccc1.[Cu]. The van der Waals surface area contributed by atoms with Crippen LogP contribution in [0.15, 0.2) is 72.8 Å². The van der Waals surface area contributed by atoms with Crippen LogP contribution in [0.2, 0.25) is 0 Å². The average molecular weight is 448 g/mol. The molecule has 0 spiro atoms. The third-order valence-corrected chi connectivity index (χ3v) is 3.22. The van der Waals surface area contributed by atoms with Gasteiger partial charge in [-0.05, 0) is 13.8 Å². The second-order valence-electron chi connectivity index (χ2n) is 5.30. The molecule has 0 saturated heterocycles. The van der Waals surface area contributed by atoms with Crippen molar-refractivity contribution in [2.75, 3.05) is 13.2 Å². The van der Waals surface area contributed by atoms with Crippen LogP contribution >= 0.6 is 0 Å². The Kier molecular flexibility index (Phi) is 13.4. The van der Waals surface area contributed by atoms with Crippen molar-refractivity contribution in [3.8, 4) is 0 Å². The van der Waals surface area contributed by atoms with E-state index in [-0.39, 0.29) is 28.6 Å². The maximum atomic E-state index is 11.0. The zero-order valence-electron chi connectivity index (χ0n) is 16.2. The second kappa shape index (κ2) is 15.0. The molecule has 1 radical (unpaired) electrons. The summed E-state index contributed by atoms with van der Waals surface area (Å²) in [4.78, 5) is 21.9. The quantitative estimate of drug-likeness (QED) is 0.297. The first-order valence-corrected chi connectivity index (χ1v) is 8.73. The smallest absolute Gasteiger partial charge is 0.334 e. The maximum Gasteiger partial charge on any atom is 0.334 e. The molecule has 29 heavy (non-hydrogen) atoms. The fourth-order valence-electron chi connectivity index (χ4n) is 1.98. The van der Waals surface area contributed by atoms with Gasteiger partial charge in [-0.1, -0.05) is 60.7 Å². The molecule has 7 heteroatoms. The van der Waals surface area contributed by atoms with Crippen LogP contribution in [0.1, 0.15) is 25.0 Å². The Labute approximate surface area is 180 Å². The molecule has 0 bridgehead atoms. The molecule has 0 saturated carbocycles. The molecule has 159 valence electrons. The van der Waals surface area contributed by atoms with E-state index in [1.54, 1.807) is 62.4 Å². The van der Waals surface area contributed by atoms with Gasteiger partial charge in [0.05, 0.1) is 25.4 Å². The van der Waals surface area contributed by atoms with Gasteiger partial charge in [0.15, 0.2) is 0 Å². The Balaban J connectivity index is 0.000000523. The minimum atomic E-state index is -0.533. The Hall–Kier alpha value is -3.02. The van der Waals surface area contributed by atoms with Crippen LogP contribution in [0.5, 0.6) is 0 Å². The second-order valence-corrected chi connectivity index (χ2v) is 5.30. The molecule has 2 rings (SSSR count). The number of carbonyl (C=O) groups is 2.